The molecule has 23 heavy (non-hydrogen) atoms. The Balaban J connectivity index is 1.72. The number of aromatic nitrogens is 1. The van der Waals surface area contributed by atoms with Gasteiger partial charge in [0.1, 0.15) is 11.9 Å². The van der Waals surface area contributed by atoms with Crippen molar-refractivity contribution < 1.29 is 4.74 Å². The number of nitriles is 1. The molecule has 0 bridgehead atoms. The van der Waals surface area contributed by atoms with E-state index in [4.69, 9.17) is 4.74 Å². The second-order valence-electron chi connectivity index (χ2n) is 6.76. The van der Waals surface area contributed by atoms with E-state index in [2.05, 4.69) is 20.9 Å². The summed E-state index contributed by atoms with van der Waals surface area (Å²) < 4.78 is 5.44. The summed E-state index contributed by atoms with van der Waals surface area (Å²) in [5.74, 6) is 1.53. The summed E-state index contributed by atoms with van der Waals surface area (Å²) in [5.41, 5.74) is 2.76. The standard InChI is InChI=1S/C18H26N4O/c1-14-10-15(2)20-18(17(14)11-19)22-5-3-4-16(13-22)12-21-6-8-23-9-7-21/h10,16H,3-9,12-13H2,1-2H3/t16-/m0/s1. The summed E-state index contributed by atoms with van der Waals surface area (Å²) in [6, 6.07) is 4.35. The lowest BCUT2D eigenvalue weighted by Gasteiger charge is -2.37. The van der Waals surface area contributed by atoms with Gasteiger partial charge in [-0.15, -0.1) is 0 Å². The number of hydrogen-bond acceptors (Lipinski definition) is 5. The predicted octanol–water partition coefficient (Wildman–Crippen LogP) is 2.12. The number of piperidine rings is 1. The smallest absolute Gasteiger partial charge is 0.147 e. The Morgan fingerprint density at radius 3 is 2.83 bits per heavy atom. The van der Waals surface area contributed by atoms with Crippen LogP contribution in [-0.2, 0) is 4.74 Å². The molecule has 2 saturated heterocycles. The summed E-state index contributed by atoms with van der Waals surface area (Å²) in [6.45, 7) is 10.9. The lowest BCUT2D eigenvalue weighted by molar-refractivity contribution is 0.0296. The van der Waals surface area contributed by atoms with Crippen LogP contribution in [0.3, 0.4) is 0 Å². The van der Waals surface area contributed by atoms with Crippen LogP contribution < -0.4 is 4.90 Å². The molecule has 124 valence electrons. The van der Waals surface area contributed by atoms with Gasteiger partial charge in [0.05, 0.1) is 18.8 Å². The highest BCUT2D eigenvalue weighted by atomic mass is 16.5. The third kappa shape index (κ3) is 3.82. The summed E-state index contributed by atoms with van der Waals surface area (Å²) in [4.78, 5) is 9.52. The zero-order valence-electron chi connectivity index (χ0n) is 14.2. The van der Waals surface area contributed by atoms with Crippen molar-refractivity contribution >= 4 is 5.82 Å². The summed E-state index contributed by atoms with van der Waals surface area (Å²) >= 11 is 0. The lowest BCUT2D eigenvalue weighted by atomic mass is 9.96. The van der Waals surface area contributed by atoms with Crippen LogP contribution in [0, 0.1) is 31.1 Å². The van der Waals surface area contributed by atoms with E-state index in [1.54, 1.807) is 0 Å². The maximum Gasteiger partial charge on any atom is 0.147 e. The highest BCUT2D eigenvalue weighted by Gasteiger charge is 2.25. The number of morpholine rings is 1. The normalized spacial score (nSPS) is 22.8. The molecule has 0 spiro atoms. The molecule has 0 unspecified atom stereocenters. The number of hydrogen-bond donors (Lipinski definition) is 0. The Morgan fingerprint density at radius 1 is 1.30 bits per heavy atom. The number of pyridine rings is 1. The first kappa shape index (κ1) is 16.2. The fourth-order valence-corrected chi connectivity index (χ4v) is 3.74. The van der Waals surface area contributed by atoms with Crippen molar-refractivity contribution in [2.45, 2.75) is 26.7 Å². The van der Waals surface area contributed by atoms with Gasteiger partial charge in [-0.05, 0) is 44.2 Å². The molecule has 5 heteroatoms. The Hall–Kier alpha value is -1.64. The van der Waals surface area contributed by atoms with Crippen LogP contribution in [0.4, 0.5) is 5.82 Å². The van der Waals surface area contributed by atoms with E-state index in [1.165, 1.54) is 12.8 Å². The minimum atomic E-state index is 0.649. The van der Waals surface area contributed by atoms with Crippen LogP contribution in [0.1, 0.15) is 29.7 Å². The Bertz CT molecular complexity index is 589. The number of ether oxygens (including phenoxy) is 1. The van der Waals surface area contributed by atoms with Crippen LogP contribution in [0.15, 0.2) is 6.07 Å². The maximum atomic E-state index is 9.51. The van der Waals surface area contributed by atoms with Crippen LogP contribution in [-0.4, -0.2) is 55.8 Å². The van der Waals surface area contributed by atoms with Crippen LogP contribution in [0.25, 0.3) is 0 Å². The van der Waals surface area contributed by atoms with Gasteiger partial charge >= 0.3 is 0 Å². The van der Waals surface area contributed by atoms with Crippen molar-refractivity contribution in [2.75, 3.05) is 50.8 Å². The molecule has 0 N–H and O–H groups in total. The first-order valence-electron chi connectivity index (χ1n) is 8.61. The van der Waals surface area contributed by atoms with E-state index in [0.717, 1.165) is 68.6 Å². The molecular weight excluding hydrogens is 288 g/mol. The van der Waals surface area contributed by atoms with E-state index in [-0.39, 0.29) is 0 Å². The molecule has 2 fully saturated rings. The van der Waals surface area contributed by atoms with Gasteiger partial charge in [0.25, 0.3) is 0 Å². The third-order valence-corrected chi connectivity index (χ3v) is 4.88. The predicted molar refractivity (Wildman–Crippen MR) is 90.6 cm³/mol. The third-order valence-electron chi connectivity index (χ3n) is 4.88. The number of anilines is 1. The topological polar surface area (TPSA) is 52.4 Å². The Kier molecular flexibility index (Phi) is 5.14. The van der Waals surface area contributed by atoms with Crippen LogP contribution in [0.5, 0.6) is 0 Å². The van der Waals surface area contributed by atoms with E-state index in [1.807, 2.05) is 19.9 Å². The number of aryl methyl sites for hydroxylation is 2. The van der Waals surface area contributed by atoms with Crippen molar-refractivity contribution in [1.29, 1.82) is 5.26 Å². The molecule has 0 aliphatic carbocycles. The van der Waals surface area contributed by atoms with Gasteiger partial charge in [-0.2, -0.15) is 5.26 Å². The number of rotatable bonds is 3. The number of nitrogens with zero attached hydrogens (tertiary/aromatic N) is 4. The molecule has 2 aliphatic heterocycles. The molecule has 3 rings (SSSR count). The van der Waals surface area contributed by atoms with Crippen molar-refractivity contribution in [3.05, 3.63) is 22.9 Å². The minimum absolute atomic E-state index is 0.649. The fraction of sp³-hybridized carbons (Fsp3) is 0.667. The molecule has 1 aromatic heterocycles. The van der Waals surface area contributed by atoms with Crippen molar-refractivity contribution in [1.82, 2.24) is 9.88 Å². The monoisotopic (exact) mass is 314 g/mol. The largest absolute Gasteiger partial charge is 0.379 e. The molecule has 0 saturated carbocycles. The van der Waals surface area contributed by atoms with Gasteiger partial charge in [0, 0.05) is 38.4 Å². The van der Waals surface area contributed by atoms with Crippen molar-refractivity contribution in [3.63, 3.8) is 0 Å². The molecule has 1 atom stereocenters. The second kappa shape index (κ2) is 7.29. The first-order valence-corrected chi connectivity index (χ1v) is 8.61. The average molecular weight is 314 g/mol. The van der Waals surface area contributed by atoms with Gasteiger partial charge in [-0.3, -0.25) is 4.90 Å². The van der Waals surface area contributed by atoms with Crippen LogP contribution in [0.2, 0.25) is 0 Å². The van der Waals surface area contributed by atoms with Gasteiger partial charge in [-0.25, -0.2) is 4.98 Å². The van der Waals surface area contributed by atoms with Crippen molar-refractivity contribution in [2.24, 2.45) is 5.92 Å². The maximum absolute atomic E-state index is 9.51. The zero-order chi connectivity index (χ0) is 16.2. The Labute approximate surface area is 138 Å². The Morgan fingerprint density at radius 2 is 2.09 bits per heavy atom. The summed E-state index contributed by atoms with van der Waals surface area (Å²) in [7, 11) is 0. The molecule has 3 heterocycles. The van der Waals surface area contributed by atoms with Crippen molar-refractivity contribution in [3.8, 4) is 6.07 Å². The van der Waals surface area contributed by atoms with E-state index in [9.17, 15) is 5.26 Å². The van der Waals surface area contributed by atoms with Gasteiger partial charge in [0.15, 0.2) is 0 Å². The van der Waals surface area contributed by atoms with Crippen LogP contribution >= 0.6 is 0 Å². The second-order valence-corrected chi connectivity index (χ2v) is 6.76. The summed E-state index contributed by atoms with van der Waals surface area (Å²) in [5, 5.41) is 9.51. The molecular formula is C18H26N4O. The molecule has 0 aromatic carbocycles. The first-order chi connectivity index (χ1) is 11.2. The molecule has 0 radical (unpaired) electrons. The van der Waals surface area contributed by atoms with E-state index < -0.39 is 0 Å². The highest BCUT2D eigenvalue weighted by molar-refractivity contribution is 5.58. The van der Waals surface area contributed by atoms with Gasteiger partial charge < -0.3 is 9.64 Å². The molecule has 5 nitrogen and oxygen atoms in total. The van der Waals surface area contributed by atoms with E-state index in [0.29, 0.717) is 5.92 Å². The van der Waals surface area contributed by atoms with Gasteiger partial charge in [0.2, 0.25) is 0 Å². The summed E-state index contributed by atoms with van der Waals surface area (Å²) in [6.07, 6.45) is 2.44. The highest BCUT2D eigenvalue weighted by Crippen LogP contribution is 2.27. The molecule has 2 aliphatic rings. The van der Waals surface area contributed by atoms with Gasteiger partial charge in [-0.1, -0.05) is 0 Å². The fourth-order valence-electron chi connectivity index (χ4n) is 3.74. The molecule has 1 aromatic rings. The van der Waals surface area contributed by atoms with E-state index >= 15 is 0 Å². The SMILES string of the molecule is Cc1cc(C)c(C#N)c(N2CCC[C@@H](CN3CCOCC3)C2)n1. The lowest BCUT2D eigenvalue weighted by Crippen LogP contribution is -2.45. The average Bonchev–Trinajstić information content (AvgIpc) is 2.55. The quantitative estimate of drug-likeness (QED) is 0.855. The zero-order valence-corrected chi connectivity index (χ0v) is 14.2. The minimum Gasteiger partial charge on any atom is -0.379 e. The molecule has 0 amide bonds.